The van der Waals surface area contributed by atoms with Crippen LogP contribution in [0.4, 0.5) is 5.69 Å². The first kappa shape index (κ1) is 13.1. The van der Waals surface area contributed by atoms with E-state index in [0.29, 0.717) is 0 Å². The van der Waals surface area contributed by atoms with Gasteiger partial charge in [-0.15, -0.1) is 6.58 Å². The first-order valence-electron chi connectivity index (χ1n) is 7.55. The van der Waals surface area contributed by atoms with E-state index in [2.05, 4.69) is 72.3 Å². The number of nitrogens with two attached hydrogens (primary N) is 1. The van der Waals surface area contributed by atoms with Crippen LogP contribution in [0, 0.1) is 0 Å². The average Bonchev–Trinajstić information content (AvgIpc) is 2.56. The molecule has 2 aromatic carbocycles. The highest BCUT2D eigenvalue weighted by atomic mass is 15.1. The minimum atomic E-state index is -0.0534. The van der Waals surface area contributed by atoms with Crippen LogP contribution in [0.3, 0.4) is 0 Å². The summed E-state index contributed by atoms with van der Waals surface area (Å²) in [6, 6.07) is 16.8. The van der Waals surface area contributed by atoms with E-state index in [4.69, 9.17) is 5.73 Å². The molecule has 0 spiro atoms. The van der Waals surface area contributed by atoms with E-state index in [1.54, 1.807) is 0 Å². The number of fused-ring (bicyclic) bond motifs is 5. The van der Waals surface area contributed by atoms with Crippen LogP contribution in [-0.4, -0.2) is 6.54 Å². The summed E-state index contributed by atoms with van der Waals surface area (Å²) in [6.07, 6.45) is 6.34. The monoisotopic (exact) mass is 286 g/mol. The van der Waals surface area contributed by atoms with Gasteiger partial charge >= 0.3 is 0 Å². The van der Waals surface area contributed by atoms with E-state index in [1.165, 1.54) is 33.5 Å². The lowest BCUT2D eigenvalue weighted by molar-refractivity contribution is 0.900. The van der Waals surface area contributed by atoms with Gasteiger partial charge in [-0.2, -0.15) is 0 Å². The molecular formula is C20H18N2. The maximum Gasteiger partial charge on any atom is 0.0496 e. The molecule has 0 aromatic heterocycles. The Morgan fingerprint density at radius 2 is 1.73 bits per heavy atom. The molecule has 4 rings (SSSR count). The summed E-state index contributed by atoms with van der Waals surface area (Å²) in [7, 11) is 0. The normalized spacial score (nSPS) is 18.6. The number of allylic oxidation sites excluding steroid dienone is 2. The molecule has 2 aliphatic rings. The molecule has 108 valence electrons. The van der Waals surface area contributed by atoms with E-state index in [-0.39, 0.29) is 6.04 Å². The maximum atomic E-state index is 6.37. The number of rotatable bonds is 2. The molecule has 0 saturated heterocycles. The molecule has 0 saturated carbocycles. The largest absolute Gasteiger partial charge is 0.343 e. The summed E-state index contributed by atoms with van der Waals surface area (Å²) >= 11 is 0. The summed E-state index contributed by atoms with van der Waals surface area (Å²) in [5.74, 6) is 0. The second kappa shape index (κ2) is 5.00. The van der Waals surface area contributed by atoms with Crippen LogP contribution < -0.4 is 10.6 Å². The van der Waals surface area contributed by atoms with Gasteiger partial charge in [0.15, 0.2) is 0 Å². The molecule has 2 nitrogen and oxygen atoms in total. The summed E-state index contributed by atoms with van der Waals surface area (Å²) in [5.41, 5.74) is 13.7. The second-order valence-corrected chi connectivity index (χ2v) is 5.69. The van der Waals surface area contributed by atoms with E-state index >= 15 is 0 Å². The lowest BCUT2D eigenvalue weighted by atomic mass is 9.80. The second-order valence-electron chi connectivity index (χ2n) is 5.69. The zero-order valence-electron chi connectivity index (χ0n) is 12.4. The van der Waals surface area contributed by atoms with Crippen LogP contribution in [0.5, 0.6) is 0 Å². The van der Waals surface area contributed by atoms with Gasteiger partial charge in [0.05, 0.1) is 0 Å². The van der Waals surface area contributed by atoms with Gasteiger partial charge in [0.25, 0.3) is 0 Å². The van der Waals surface area contributed by atoms with Gasteiger partial charge < -0.3 is 10.6 Å². The Labute approximate surface area is 130 Å². The van der Waals surface area contributed by atoms with E-state index in [9.17, 15) is 0 Å². The van der Waals surface area contributed by atoms with Gasteiger partial charge in [0, 0.05) is 35.6 Å². The molecule has 1 heterocycles. The van der Waals surface area contributed by atoms with Crippen LogP contribution in [0.1, 0.15) is 22.7 Å². The molecule has 0 radical (unpaired) electrons. The van der Waals surface area contributed by atoms with Crippen molar-refractivity contribution in [2.45, 2.75) is 6.04 Å². The van der Waals surface area contributed by atoms with Crippen molar-refractivity contribution in [3.63, 3.8) is 0 Å². The standard InChI is InChI=1S/C20H18N2/c1-2-11-22-13-18-14-7-3-4-8-15(14)19(21)12-17(18)16-9-5-6-10-20(16)22/h2-10,12-13,19H,1,11,21H2. The number of anilines is 1. The number of hydrogen-bond donors (Lipinski definition) is 1. The Balaban J connectivity index is 1.97. The van der Waals surface area contributed by atoms with E-state index in [0.717, 1.165) is 6.54 Å². The summed E-state index contributed by atoms with van der Waals surface area (Å²) in [5, 5.41) is 0. The maximum absolute atomic E-state index is 6.37. The fraction of sp³-hybridized carbons (Fsp3) is 0.100. The number of para-hydroxylation sites is 1. The highest BCUT2D eigenvalue weighted by molar-refractivity contribution is 6.12. The Kier molecular flexibility index (Phi) is 2.98. The predicted octanol–water partition coefficient (Wildman–Crippen LogP) is 4.13. The van der Waals surface area contributed by atoms with Crippen LogP contribution in [0.15, 0.2) is 73.5 Å². The van der Waals surface area contributed by atoms with Crippen molar-refractivity contribution in [3.05, 3.63) is 90.2 Å². The van der Waals surface area contributed by atoms with Crippen molar-refractivity contribution in [2.24, 2.45) is 5.73 Å². The van der Waals surface area contributed by atoms with Crippen molar-refractivity contribution in [2.75, 3.05) is 11.4 Å². The van der Waals surface area contributed by atoms with Crippen molar-refractivity contribution >= 4 is 16.8 Å². The first-order valence-corrected chi connectivity index (χ1v) is 7.55. The SMILES string of the molecule is C=CCN1C=C2C(=CC(N)c3ccccc32)c2ccccc21. The van der Waals surface area contributed by atoms with Crippen LogP contribution in [0.2, 0.25) is 0 Å². The molecule has 1 aliphatic carbocycles. The van der Waals surface area contributed by atoms with Crippen molar-refractivity contribution in [3.8, 4) is 0 Å². The minimum Gasteiger partial charge on any atom is -0.343 e. The van der Waals surface area contributed by atoms with Crippen molar-refractivity contribution < 1.29 is 0 Å². The summed E-state index contributed by atoms with van der Waals surface area (Å²) < 4.78 is 0. The fourth-order valence-electron chi connectivity index (χ4n) is 3.38. The molecular weight excluding hydrogens is 268 g/mol. The molecule has 2 aromatic rings. The van der Waals surface area contributed by atoms with Gasteiger partial charge in [-0.1, -0.05) is 54.6 Å². The van der Waals surface area contributed by atoms with Gasteiger partial charge in [-0.05, 0) is 22.8 Å². The zero-order chi connectivity index (χ0) is 15.1. The topological polar surface area (TPSA) is 29.3 Å². The summed E-state index contributed by atoms with van der Waals surface area (Å²) in [6.45, 7) is 4.68. The third-order valence-corrected chi connectivity index (χ3v) is 4.36. The quantitative estimate of drug-likeness (QED) is 0.841. The van der Waals surface area contributed by atoms with Crippen LogP contribution >= 0.6 is 0 Å². The number of benzene rings is 2. The molecule has 1 unspecified atom stereocenters. The number of hydrogen-bond acceptors (Lipinski definition) is 2. The Hall–Kier alpha value is -2.58. The molecule has 2 N–H and O–H groups in total. The molecule has 1 atom stereocenters. The van der Waals surface area contributed by atoms with E-state index < -0.39 is 0 Å². The molecule has 0 bridgehead atoms. The Morgan fingerprint density at radius 3 is 2.55 bits per heavy atom. The third-order valence-electron chi connectivity index (χ3n) is 4.36. The fourth-order valence-corrected chi connectivity index (χ4v) is 3.38. The third kappa shape index (κ3) is 1.85. The number of nitrogens with zero attached hydrogens (tertiary/aromatic N) is 1. The van der Waals surface area contributed by atoms with E-state index in [1.807, 2.05) is 6.08 Å². The predicted molar refractivity (Wildman–Crippen MR) is 93.3 cm³/mol. The molecule has 1 aliphatic heterocycles. The molecule has 22 heavy (non-hydrogen) atoms. The average molecular weight is 286 g/mol. The smallest absolute Gasteiger partial charge is 0.0496 e. The first-order chi connectivity index (χ1) is 10.8. The van der Waals surface area contributed by atoms with Crippen molar-refractivity contribution in [1.82, 2.24) is 0 Å². The highest BCUT2D eigenvalue weighted by Crippen LogP contribution is 2.46. The van der Waals surface area contributed by atoms with Crippen LogP contribution in [-0.2, 0) is 0 Å². The Bertz CT molecular complexity index is 814. The van der Waals surface area contributed by atoms with Crippen molar-refractivity contribution in [1.29, 1.82) is 0 Å². The molecule has 2 heteroatoms. The lowest BCUT2D eigenvalue weighted by Gasteiger charge is -2.34. The summed E-state index contributed by atoms with van der Waals surface area (Å²) in [4.78, 5) is 2.25. The van der Waals surface area contributed by atoms with Gasteiger partial charge in [0.2, 0.25) is 0 Å². The van der Waals surface area contributed by atoms with Crippen LogP contribution in [0.25, 0.3) is 11.1 Å². The highest BCUT2D eigenvalue weighted by Gasteiger charge is 2.28. The molecule has 0 amide bonds. The van der Waals surface area contributed by atoms with Gasteiger partial charge in [-0.3, -0.25) is 0 Å². The minimum absolute atomic E-state index is 0.0534. The Morgan fingerprint density at radius 1 is 1.00 bits per heavy atom. The zero-order valence-corrected chi connectivity index (χ0v) is 12.4. The van der Waals surface area contributed by atoms with Gasteiger partial charge in [0.1, 0.15) is 0 Å². The lowest BCUT2D eigenvalue weighted by Crippen LogP contribution is -2.24. The van der Waals surface area contributed by atoms with Gasteiger partial charge in [-0.25, -0.2) is 0 Å². The molecule has 0 fully saturated rings.